The molecule has 0 saturated carbocycles. The van der Waals surface area contributed by atoms with E-state index in [1.807, 2.05) is 53.4 Å². The van der Waals surface area contributed by atoms with Crippen molar-refractivity contribution in [1.29, 1.82) is 0 Å². The molecule has 0 atom stereocenters. The maximum Gasteiger partial charge on any atom is 0.246 e. The number of likely N-dealkylation sites (tertiary alicyclic amines) is 1. The van der Waals surface area contributed by atoms with E-state index in [1.165, 1.54) is 5.56 Å². The molecular weight excluding hydrogens is 360 g/mol. The third kappa shape index (κ3) is 5.80. The molecule has 0 aliphatic carbocycles. The third-order valence-electron chi connectivity index (χ3n) is 5.41. The zero-order valence-electron chi connectivity index (χ0n) is 17.5. The van der Waals surface area contributed by atoms with Gasteiger partial charge in [-0.1, -0.05) is 63.2 Å². The Kier molecular flexibility index (Phi) is 6.53. The number of anilines is 1. The number of hydrogen-bond donors (Lipinski definition) is 1. The number of piperidine rings is 1. The number of nitrogens with one attached hydrogen (secondary N) is 1. The molecule has 1 N–H and O–H groups in total. The quantitative estimate of drug-likeness (QED) is 0.757. The summed E-state index contributed by atoms with van der Waals surface area (Å²) < 4.78 is 0. The second-order valence-electron chi connectivity index (χ2n) is 8.66. The summed E-state index contributed by atoms with van der Waals surface area (Å²) in [6, 6.07) is 17.8. The van der Waals surface area contributed by atoms with Crippen LogP contribution < -0.4 is 5.32 Å². The molecule has 2 aromatic carbocycles. The SMILES string of the molecule is CC(C)(C)c1ccc(/C=C/C(=O)N2CCC(C(=O)Nc3ccccc3)CC2)cc1. The number of para-hydroxylation sites is 1. The molecule has 4 nitrogen and oxygen atoms in total. The van der Waals surface area contributed by atoms with Gasteiger partial charge in [-0.2, -0.15) is 0 Å². The lowest BCUT2D eigenvalue weighted by Gasteiger charge is -2.30. The van der Waals surface area contributed by atoms with Crippen LogP contribution in [0.2, 0.25) is 0 Å². The topological polar surface area (TPSA) is 49.4 Å². The van der Waals surface area contributed by atoms with Gasteiger partial charge in [0.25, 0.3) is 0 Å². The maximum absolute atomic E-state index is 12.5. The van der Waals surface area contributed by atoms with Crippen LogP contribution in [0.1, 0.15) is 44.7 Å². The molecule has 3 rings (SSSR count). The Bertz CT molecular complexity index is 856. The van der Waals surface area contributed by atoms with Crippen molar-refractivity contribution < 1.29 is 9.59 Å². The van der Waals surface area contributed by atoms with E-state index in [1.54, 1.807) is 6.08 Å². The first-order valence-corrected chi connectivity index (χ1v) is 10.3. The Morgan fingerprint density at radius 1 is 0.966 bits per heavy atom. The van der Waals surface area contributed by atoms with Crippen molar-refractivity contribution in [2.75, 3.05) is 18.4 Å². The summed E-state index contributed by atoms with van der Waals surface area (Å²) in [5.41, 5.74) is 3.23. The van der Waals surface area contributed by atoms with Crippen LogP contribution in [-0.4, -0.2) is 29.8 Å². The van der Waals surface area contributed by atoms with Crippen LogP contribution in [0.4, 0.5) is 5.69 Å². The normalized spacial score (nSPS) is 15.5. The van der Waals surface area contributed by atoms with E-state index in [0.717, 1.165) is 11.3 Å². The van der Waals surface area contributed by atoms with Crippen LogP contribution in [-0.2, 0) is 15.0 Å². The molecule has 1 heterocycles. The van der Waals surface area contributed by atoms with Gasteiger partial charge in [0, 0.05) is 30.8 Å². The minimum atomic E-state index is -0.0480. The van der Waals surface area contributed by atoms with Crippen molar-refractivity contribution in [3.05, 3.63) is 71.8 Å². The Labute approximate surface area is 173 Å². The maximum atomic E-state index is 12.5. The van der Waals surface area contributed by atoms with Crippen LogP contribution in [0.5, 0.6) is 0 Å². The highest BCUT2D eigenvalue weighted by molar-refractivity contribution is 5.94. The van der Waals surface area contributed by atoms with Crippen molar-refractivity contribution >= 4 is 23.6 Å². The smallest absolute Gasteiger partial charge is 0.246 e. The summed E-state index contributed by atoms with van der Waals surface area (Å²) in [5, 5.41) is 2.96. The zero-order valence-corrected chi connectivity index (χ0v) is 17.5. The van der Waals surface area contributed by atoms with Gasteiger partial charge >= 0.3 is 0 Å². The number of hydrogen-bond acceptors (Lipinski definition) is 2. The fourth-order valence-electron chi connectivity index (χ4n) is 3.50. The van der Waals surface area contributed by atoms with Gasteiger partial charge in [0.2, 0.25) is 11.8 Å². The highest BCUT2D eigenvalue weighted by atomic mass is 16.2. The van der Waals surface area contributed by atoms with Gasteiger partial charge < -0.3 is 10.2 Å². The van der Waals surface area contributed by atoms with E-state index >= 15 is 0 Å². The van der Waals surface area contributed by atoms with E-state index in [-0.39, 0.29) is 23.1 Å². The molecule has 1 aliphatic heterocycles. The van der Waals surface area contributed by atoms with Crippen molar-refractivity contribution in [3.8, 4) is 0 Å². The van der Waals surface area contributed by atoms with E-state index in [9.17, 15) is 9.59 Å². The summed E-state index contributed by atoms with van der Waals surface area (Å²) in [4.78, 5) is 26.8. The van der Waals surface area contributed by atoms with Gasteiger partial charge in [0.1, 0.15) is 0 Å². The van der Waals surface area contributed by atoms with Gasteiger partial charge in [-0.05, 0) is 47.6 Å². The first kappa shape index (κ1) is 20.8. The molecule has 2 aromatic rings. The molecule has 1 saturated heterocycles. The number of amides is 2. The number of carbonyl (C=O) groups excluding carboxylic acids is 2. The monoisotopic (exact) mass is 390 g/mol. The molecule has 0 radical (unpaired) electrons. The van der Waals surface area contributed by atoms with Gasteiger partial charge in [-0.25, -0.2) is 0 Å². The van der Waals surface area contributed by atoms with E-state index in [0.29, 0.717) is 25.9 Å². The highest BCUT2D eigenvalue weighted by Gasteiger charge is 2.26. The van der Waals surface area contributed by atoms with Gasteiger partial charge in [-0.3, -0.25) is 9.59 Å². The van der Waals surface area contributed by atoms with Crippen molar-refractivity contribution in [2.24, 2.45) is 5.92 Å². The second kappa shape index (κ2) is 9.08. The number of benzene rings is 2. The molecule has 152 valence electrons. The average Bonchev–Trinajstić information content (AvgIpc) is 2.72. The standard InChI is InChI=1S/C25H30N2O2/c1-25(2,3)21-12-9-19(10-13-21)11-14-23(28)27-17-15-20(16-18-27)24(29)26-22-7-5-4-6-8-22/h4-14,20H,15-18H2,1-3H3,(H,26,29)/b14-11+. The van der Waals surface area contributed by atoms with Gasteiger partial charge in [0.05, 0.1) is 0 Å². The number of carbonyl (C=O) groups is 2. The predicted octanol–water partition coefficient (Wildman–Crippen LogP) is 4.87. The minimum absolute atomic E-state index is 0.00631. The Morgan fingerprint density at radius 3 is 2.17 bits per heavy atom. The van der Waals surface area contributed by atoms with Gasteiger partial charge in [0.15, 0.2) is 0 Å². The lowest BCUT2D eigenvalue weighted by Crippen LogP contribution is -2.40. The number of rotatable bonds is 4. The lowest BCUT2D eigenvalue weighted by molar-refractivity contribution is -0.130. The molecule has 0 aromatic heterocycles. The molecule has 2 amide bonds. The van der Waals surface area contributed by atoms with Crippen molar-refractivity contribution in [2.45, 2.75) is 39.0 Å². The minimum Gasteiger partial charge on any atom is -0.339 e. The molecular formula is C25H30N2O2. The lowest BCUT2D eigenvalue weighted by atomic mass is 9.87. The molecule has 0 bridgehead atoms. The molecule has 4 heteroatoms. The molecule has 1 fully saturated rings. The molecule has 1 aliphatic rings. The third-order valence-corrected chi connectivity index (χ3v) is 5.41. The van der Waals surface area contributed by atoms with Crippen LogP contribution in [0.15, 0.2) is 60.7 Å². The number of nitrogens with zero attached hydrogens (tertiary/aromatic N) is 1. The first-order chi connectivity index (χ1) is 13.8. The van der Waals surface area contributed by atoms with E-state index in [2.05, 4.69) is 38.2 Å². The predicted molar refractivity (Wildman–Crippen MR) is 119 cm³/mol. The second-order valence-corrected chi connectivity index (χ2v) is 8.66. The molecule has 29 heavy (non-hydrogen) atoms. The zero-order chi connectivity index (χ0) is 20.9. The summed E-state index contributed by atoms with van der Waals surface area (Å²) in [5.74, 6) is -0.00206. The fourth-order valence-corrected chi connectivity index (χ4v) is 3.50. The van der Waals surface area contributed by atoms with Crippen molar-refractivity contribution in [3.63, 3.8) is 0 Å². The largest absolute Gasteiger partial charge is 0.339 e. The van der Waals surface area contributed by atoms with Crippen LogP contribution in [0, 0.1) is 5.92 Å². The fraction of sp³-hybridized carbons (Fsp3) is 0.360. The Hall–Kier alpha value is -2.88. The Morgan fingerprint density at radius 2 is 1.59 bits per heavy atom. The first-order valence-electron chi connectivity index (χ1n) is 10.3. The summed E-state index contributed by atoms with van der Waals surface area (Å²) in [6.07, 6.45) is 4.89. The summed E-state index contributed by atoms with van der Waals surface area (Å²) in [6.45, 7) is 7.78. The van der Waals surface area contributed by atoms with Gasteiger partial charge in [-0.15, -0.1) is 0 Å². The van der Waals surface area contributed by atoms with E-state index in [4.69, 9.17) is 0 Å². The van der Waals surface area contributed by atoms with Crippen molar-refractivity contribution in [1.82, 2.24) is 4.90 Å². The summed E-state index contributed by atoms with van der Waals surface area (Å²) >= 11 is 0. The summed E-state index contributed by atoms with van der Waals surface area (Å²) in [7, 11) is 0. The van der Waals surface area contributed by atoms with Crippen LogP contribution >= 0.6 is 0 Å². The highest BCUT2D eigenvalue weighted by Crippen LogP contribution is 2.23. The average molecular weight is 391 g/mol. The van der Waals surface area contributed by atoms with Crippen LogP contribution in [0.25, 0.3) is 6.08 Å². The molecule has 0 spiro atoms. The molecule has 0 unspecified atom stereocenters. The Balaban J connectivity index is 1.49. The van der Waals surface area contributed by atoms with Crippen LogP contribution in [0.3, 0.4) is 0 Å². The van der Waals surface area contributed by atoms with E-state index < -0.39 is 0 Å².